The molecule has 2 aliphatic rings. The molecule has 0 amide bonds. The molecule has 3 rings (SSSR count). The lowest BCUT2D eigenvalue weighted by atomic mass is 9.87. The Morgan fingerprint density at radius 2 is 1.95 bits per heavy atom. The smallest absolute Gasteiger partial charge is 0.317 e. The Balaban J connectivity index is 1.59. The maximum atomic E-state index is 10.8. The van der Waals surface area contributed by atoms with Crippen molar-refractivity contribution in [1.29, 1.82) is 0 Å². The minimum atomic E-state index is -0.713. The van der Waals surface area contributed by atoms with E-state index in [0.717, 1.165) is 39.0 Å². The first kappa shape index (κ1) is 14.5. The molecule has 4 nitrogen and oxygen atoms in total. The van der Waals surface area contributed by atoms with Crippen molar-refractivity contribution in [2.45, 2.75) is 31.7 Å². The third kappa shape index (κ3) is 3.63. The molecule has 0 radical (unpaired) electrons. The molecule has 1 saturated heterocycles. The predicted octanol–water partition coefficient (Wildman–Crippen LogP) is 1.64. The molecule has 1 atom stereocenters. The molecular weight excluding hydrogens is 264 g/mol. The standard InChI is InChI=1S/C17H24N2O2/c20-17(21)13-18-8-3-9-19(11-10-18)16-7-6-14-4-1-2-5-15(14)12-16/h1-2,4-5,16H,3,6-13H2,(H,20,21). The molecule has 4 heteroatoms. The predicted molar refractivity (Wildman–Crippen MR) is 82.5 cm³/mol. The van der Waals surface area contributed by atoms with Gasteiger partial charge in [-0.3, -0.25) is 14.6 Å². The molecule has 114 valence electrons. The van der Waals surface area contributed by atoms with E-state index in [0.29, 0.717) is 6.04 Å². The highest BCUT2D eigenvalue weighted by molar-refractivity contribution is 5.69. The van der Waals surface area contributed by atoms with Crippen LogP contribution in [0.5, 0.6) is 0 Å². The van der Waals surface area contributed by atoms with Crippen LogP contribution in [0, 0.1) is 0 Å². The average Bonchev–Trinajstić information content (AvgIpc) is 2.72. The summed E-state index contributed by atoms with van der Waals surface area (Å²) in [5, 5.41) is 8.93. The van der Waals surface area contributed by atoms with Gasteiger partial charge < -0.3 is 5.11 Å². The average molecular weight is 288 g/mol. The molecule has 1 aliphatic heterocycles. The van der Waals surface area contributed by atoms with Gasteiger partial charge in [-0.1, -0.05) is 24.3 Å². The first-order chi connectivity index (χ1) is 10.2. The molecule has 1 N–H and O–H groups in total. The Bertz CT molecular complexity index is 503. The van der Waals surface area contributed by atoms with Gasteiger partial charge in [0.05, 0.1) is 6.54 Å². The van der Waals surface area contributed by atoms with E-state index in [4.69, 9.17) is 5.11 Å². The number of hydrogen-bond donors (Lipinski definition) is 1. The fraction of sp³-hybridized carbons (Fsp3) is 0.588. The summed E-state index contributed by atoms with van der Waals surface area (Å²) >= 11 is 0. The van der Waals surface area contributed by atoms with E-state index in [1.165, 1.54) is 24.0 Å². The van der Waals surface area contributed by atoms with Gasteiger partial charge in [0, 0.05) is 25.7 Å². The van der Waals surface area contributed by atoms with Gasteiger partial charge in [-0.05, 0) is 43.4 Å². The van der Waals surface area contributed by atoms with Crippen LogP contribution in [-0.2, 0) is 17.6 Å². The van der Waals surface area contributed by atoms with Crippen LogP contribution in [0.25, 0.3) is 0 Å². The van der Waals surface area contributed by atoms with Crippen LogP contribution in [0.1, 0.15) is 24.0 Å². The van der Waals surface area contributed by atoms with Crippen LogP contribution in [0.3, 0.4) is 0 Å². The lowest BCUT2D eigenvalue weighted by molar-refractivity contribution is -0.138. The SMILES string of the molecule is O=C(O)CN1CCCN(C2CCc3ccccc3C2)CC1. The lowest BCUT2D eigenvalue weighted by Gasteiger charge is -2.34. The molecular formula is C17H24N2O2. The van der Waals surface area contributed by atoms with E-state index in [2.05, 4.69) is 34.1 Å². The fourth-order valence-corrected chi connectivity index (χ4v) is 3.70. The molecule has 1 aromatic carbocycles. The van der Waals surface area contributed by atoms with Gasteiger partial charge in [-0.25, -0.2) is 0 Å². The lowest BCUT2D eigenvalue weighted by Crippen LogP contribution is -2.42. The normalized spacial score (nSPS) is 24.3. The van der Waals surface area contributed by atoms with Gasteiger partial charge >= 0.3 is 5.97 Å². The zero-order chi connectivity index (χ0) is 14.7. The van der Waals surface area contributed by atoms with Crippen molar-refractivity contribution >= 4 is 5.97 Å². The van der Waals surface area contributed by atoms with Crippen molar-refractivity contribution in [3.05, 3.63) is 35.4 Å². The third-order valence-electron chi connectivity index (χ3n) is 4.82. The van der Waals surface area contributed by atoms with E-state index in [-0.39, 0.29) is 6.54 Å². The van der Waals surface area contributed by atoms with Crippen molar-refractivity contribution < 1.29 is 9.90 Å². The zero-order valence-electron chi connectivity index (χ0n) is 12.5. The number of rotatable bonds is 3. The van der Waals surface area contributed by atoms with Crippen LogP contribution in [0.2, 0.25) is 0 Å². The Kier molecular flexibility index (Phi) is 4.56. The summed E-state index contributed by atoms with van der Waals surface area (Å²) in [7, 11) is 0. The number of benzene rings is 1. The maximum Gasteiger partial charge on any atom is 0.317 e. The summed E-state index contributed by atoms with van der Waals surface area (Å²) < 4.78 is 0. The summed E-state index contributed by atoms with van der Waals surface area (Å²) in [6, 6.07) is 9.41. The number of hydrogen-bond acceptors (Lipinski definition) is 3. The van der Waals surface area contributed by atoms with Crippen molar-refractivity contribution in [2.24, 2.45) is 0 Å². The number of aryl methyl sites for hydroxylation is 1. The highest BCUT2D eigenvalue weighted by Gasteiger charge is 2.26. The van der Waals surface area contributed by atoms with Crippen molar-refractivity contribution in [2.75, 3.05) is 32.7 Å². The number of carbonyl (C=O) groups is 1. The van der Waals surface area contributed by atoms with E-state index in [1.54, 1.807) is 0 Å². The number of aliphatic carboxylic acids is 1. The molecule has 1 aliphatic carbocycles. The molecule has 0 spiro atoms. The molecule has 0 aromatic heterocycles. The second kappa shape index (κ2) is 6.58. The van der Waals surface area contributed by atoms with Crippen LogP contribution in [-0.4, -0.2) is 59.6 Å². The molecule has 1 unspecified atom stereocenters. The van der Waals surface area contributed by atoms with Crippen LogP contribution in [0.15, 0.2) is 24.3 Å². The third-order valence-corrected chi connectivity index (χ3v) is 4.82. The van der Waals surface area contributed by atoms with Crippen LogP contribution >= 0.6 is 0 Å². The number of carboxylic acid groups (broad SMARTS) is 1. The van der Waals surface area contributed by atoms with E-state index in [9.17, 15) is 4.79 Å². The summed E-state index contributed by atoms with van der Waals surface area (Å²) in [4.78, 5) is 15.5. The number of nitrogens with zero attached hydrogens (tertiary/aromatic N) is 2. The zero-order valence-corrected chi connectivity index (χ0v) is 12.5. The van der Waals surface area contributed by atoms with E-state index < -0.39 is 5.97 Å². The molecule has 0 bridgehead atoms. The molecule has 21 heavy (non-hydrogen) atoms. The monoisotopic (exact) mass is 288 g/mol. The van der Waals surface area contributed by atoms with E-state index in [1.807, 2.05) is 0 Å². The van der Waals surface area contributed by atoms with Crippen molar-refractivity contribution in [1.82, 2.24) is 9.80 Å². The van der Waals surface area contributed by atoms with Gasteiger partial charge in [0.2, 0.25) is 0 Å². The first-order valence-corrected chi connectivity index (χ1v) is 7.97. The molecule has 0 saturated carbocycles. The van der Waals surface area contributed by atoms with Crippen LogP contribution < -0.4 is 0 Å². The summed E-state index contributed by atoms with van der Waals surface area (Å²) in [5.41, 5.74) is 3.01. The minimum Gasteiger partial charge on any atom is -0.480 e. The fourth-order valence-electron chi connectivity index (χ4n) is 3.70. The number of carboxylic acids is 1. The van der Waals surface area contributed by atoms with Gasteiger partial charge in [0.25, 0.3) is 0 Å². The highest BCUT2D eigenvalue weighted by atomic mass is 16.4. The van der Waals surface area contributed by atoms with Gasteiger partial charge in [0.15, 0.2) is 0 Å². The minimum absolute atomic E-state index is 0.182. The largest absolute Gasteiger partial charge is 0.480 e. The highest BCUT2D eigenvalue weighted by Crippen LogP contribution is 2.25. The second-order valence-corrected chi connectivity index (χ2v) is 6.22. The summed E-state index contributed by atoms with van der Waals surface area (Å²) in [5.74, 6) is -0.713. The Morgan fingerprint density at radius 1 is 1.14 bits per heavy atom. The van der Waals surface area contributed by atoms with Crippen LogP contribution in [0.4, 0.5) is 0 Å². The number of fused-ring (bicyclic) bond motifs is 1. The topological polar surface area (TPSA) is 43.8 Å². The molecule has 1 fully saturated rings. The van der Waals surface area contributed by atoms with E-state index >= 15 is 0 Å². The molecule has 1 aromatic rings. The first-order valence-electron chi connectivity index (χ1n) is 7.97. The van der Waals surface area contributed by atoms with Crippen molar-refractivity contribution in [3.8, 4) is 0 Å². The maximum absolute atomic E-state index is 10.8. The quantitative estimate of drug-likeness (QED) is 0.918. The Labute approximate surface area is 126 Å². The van der Waals surface area contributed by atoms with Crippen molar-refractivity contribution in [3.63, 3.8) is 0 Å². The van der Waals surface area contributed by atoms with Gasteiger partial charge in [0.1, 0.15) is 0 Å². The van der Waals surface area contributed by atoms with Gasteiger partial charge in [-0.2, -0.15) is 0 Å². The summed E-state index contributed by atoms with van der Waals surface area (Å²) in [6.07, 6.45) is 4.63. The Morgan fingerprint density at radius 3 is 2.76 bits per heavy atom. The Hall–Kier alpha value is -1.39. The van der Waals surface area contributed by atoms with Gasteiger partial charge in [-0.15, -0.1) is 0 Å². The molecule has 1 heterocycles. The second-order valence-electron chi connectivity index (χ2n) is 6.22. The summed E-state index contributed by atoms with van der Waals surface area (Å²) in [6.45, 7) is 4.07.